The molecule has 6 saturated carbocycles. The summed E-state index contributed by atoms with van der Waals surface area (Å²) in [6, 6.07) is 27.5. The molecule has 4 aromatic rings. The molecule has 8 fully saturated rings. The van der Waals surface area contributed by atoms with E-state index in [9.17, 15) is 18.4 Å². The molecule has 3 aromatic carbocycles. The normalized spacial score (nSPS) is 24.6. The molecule has 120 heavy (non-hydrogen) atoms. The maximum Gasteiger partial charge on any atom is 0.213 e. The second-order valence-electron chi connectivity index (χ2n) is 41.3. The highest BCUT2D eigenvalue weighted by atomic mass is 19.1. The number of ketones is 2. The Kier molecular flexibility index (Phi) is 41.9. The van der Waals surface area contributed by atoms with Gasteiger partial charge in [0.2, 0.25) is 5.88 Å². The van der Waals surface area contributed by atoms with Crippen LogP contribution in [0, 0.1) is 29.4 Å². The van der Waals surface area contributed by atoms with Gasteiger partial charge >= 0.3 is 0 Å². The van der Waals surface area contributed by atoms with E-state index >= 15 is 0 Å². The van der Waals surface area contributed by atoms with Crippen LogP contribution < -0.4 is 55.6 Å². The Morgan fingerprint density at radius 2 is 0.767 bits per heavy atom. The van der Waals surface area contributed by atoms with Gasteiger partial charge in [0.1, 0.15) is 71.4 Å². The summed E-state index contributed by atoms with van der Waals surface area (Å²) >= 11 is 0. The molecule has 0 atom stereocenters. The molecular weight excluding hydrogens is 1510 g/mol. The minimum Gasteiger partial charge on any atom is -0.490 e. The Bertz CT molecular complexity index is 3490. The summed E-state index contributed by atoms with van der Waals surface area (Å²) in [6.07, 6.45) is 22.3. The van der Waals surface area contributed by atoms with Gasteiger partial charge in [-0.05, 0) is 215 Å². The van der Waals surface area contributed by atoms with Crippen LogP contribution in [0.3, 0.4) is 0 Å². The Balaban J connectivity index is 0.000000199. The lowest BCUT2D eigenvalue weighted by Gasteiger charge is -2.43. The molecule has 6 N–H and O–H groups in total. The summed E-state index contributed by atoms with van der Waals surface area (Å²) in [4.78, 5) is 32.5. The molecule has 3 heterocycles. The quantitative estimate of drug-likeness (QED) is 0.0259. The summed E-state index contributed by atoms with van der Waals surface area (Å²) in [7, 11) is 0. The molecule has 8 aliphatic rings. The van der Waals surface area contributed by atoms with Gasteiger partial charge in [0.05, 0.1) is 31.0 Å². The van der Waals surface area contributed by atoms with Crippen LogP contribution in [0.2, 0.25) is 0 Å². The molecule has 18 nitrogen and oxygen atoms in total. The number of rotatable bonds is 34. The monoisotopic (exact) mass is 1680 g/mol. The van der Waals surface area contributed by atoms with E-state index in [0.717, 1.165) is 113 Å². The summed E-state index contributed by atoms with van der Waals surface area (Å²) in [5.41, 5.74) is 4.06. The molecule has 6 aliphatic carbocycles. The highest BCUT2D eigenvalue weighted by Gasteiger charge is 2.39. The zero-order valence-corrected chi connectivity index (χ0v) is 79.4. The van der Waals surface area contributed by atoms with Gasteiger partial charge in [-0.15, -0.1) is 0 Å². The predicted molar refractivity (Wildman–Crippen MR) is 489 cm³/mol. The molecule has 0 bridgehead atoms. The molecule has 20 heteroatoms. The fraction of sp³-hybridized carbons (Fsp3) is 0.750. The zero-order chi connectivity index (χ0) is 88.3. The topological polar surface area (TPSA) is 190 Å². The first-order chi connectivity index (χ1) is 56.4. The molecule has 2 saturated heterocycles. The Morgan fingerprint density at radius 1 is 0.400 bits per heavy atom. The number of halogens is 2. The number of likely N-dealkylation sites (tertiary alicyclic amines) is 2. The molecule has 0 unspecified atom stereocenters. The highest BCUT2D eigenvalue weighted by molar-refractivity contribution is 5.82. The van der Waals surface area contributed by atoms with E-state index in [1.165, 1.54) is 74.6 Å². The van der Waals surface area contributed by atoms with Gasteiger partial charge in [-0.25, -0.2) is 13.8 Å². The van der Waals surface area contributed by atoms with Crippen molar-refractivity contribution >= 4 is 11.6 Å². The van der Waals surface area contributed by atoms with Gasteiger partial charge in [0, 0.05) is 153 Å². The fourth-order valence-corrected chi connectivity index (χ4v) is 16.3. The van der Waals surface area contributed by atoms with Crippen LogP contribution in [0.4, 0.5) is 8.78 Å². The molecular formula is C100H167F2N9O9. The number of Topliss-reactive ketones (excluding diaryl/α,β-unsaturated/α-hetero) is 2. The number of benzene rings is 3. The number of carbonyl (C=O) groups is 2. The molecule has 680 valence electrons. The summed E-state index contributed by atoms with van der Waals surface area (Å²) in [5, 5.41) is 21.3. The number of ether oxygens (including phenoxy) is 7. The van der Waals surface area contributed by atoms with Crippen molar-refractivity contribution in [3.8, 4) is 28.9 Å². The molecule has 0 radical (unpaired) electrons. The third-order valence-electron chi connectivity index (χ3n) is 23.2. The SMILES string of the molecule is CC(C)C(=O)CN1CCC(OC2CC(NC(C)(C)C)C2)CC1.CC(C)CN1CCC(OC2CC(NC(C)(C)C)C2)CC1.CC(C)NC1CC(Oc2cc(C(C)C)ccn2)C1.CC(C)NC1CC(Oc2cc(F)cc(C(C)C)c2)C1.CC(C)NC1CC(Oc2cc(F)cc(OCC(=O)C(C)C)c2)C1.CC(C)NC1CC(Oc2cccc(C(C)C)c2)C1. The van der Waals surface area contributed by atoms with E-state index in [4.69, 9.17) is 33.2 Å². The maximum absolute atomic E-state index is 13.7. The summed E-state index contributed by atoms with van der Waals surface area (Å²) in [5.74, 6) is 5.16. The van der Waals surface area contributed by atoms with Crippen LogP contribution in [-0.2, 0) is 19.1 Å². The second-order valence-corrected chi connectivity index (χ2v) is 41.3. The van der Waals surface area contributed by atoms with Crippen molar-refractivity contribution in [2.45, 2.75) is 421 Å². The van der Waals surface area contributed by atoms with Gasteiger partial charge in [0.25, 0.3) is 0 Å². The number of nitrogens with zero attached hydrogens (tertiary/aromatic N) is 3. The summed E-state index contributed by atoms with van der Waals surface area (Å²) in [6.45, 7) is 62.0. The van der Waals surface area contributed by atoms with Crippen molar-refractivity contribution < 1.29 is 51.5 Å². The number of nitrogens with one attached hydrogen (secondary N) is 6. The lowest BCUT2D eigenvalue weighted by Crippen LogP contribution is -2.53. The minimum absolute atomic E-state index is 0.0154. The third kappa shape index (κ3) is 39.0. The van der Waals surface area contributed by atoms with Gasteiger partial charge < -0.3 is 70.0 Å². The first-order valence-electron chi connectivity index (χ1n) is 46.8. The van der Waals surface area contributed by atoms with Crippen LogP contribution in [0.1, 0.15) is 317 Å². The van der Waals surface area contributed by atoms with Crippen molar-refractivity contribution in [2.75, 3.05) is 45.9 Å². The smallest absolute Gasteiger partial charge is 0.213 e. The fourth-order valence-electron chi connectivity index (χ4n) is 16.3. The van der Waals surface area contributed by atoms with E-state index in [1.807, 2.05) is 40.0 Å². The van der Waals surface area contributed by atoms with Crippen molar-refractivity contribution in [1.29, 1.82) is 0 Å². The van der Waals surface area contributed by atoms with Crippen molar-refractivity contribution in [3.05, 3.63) is 107 Å². The van der Waals surface area contributed by atoms with E-state index in [0.29, 0.717) is 144 Å². The standard InChI is InChI=1S/C18H26FNO3.C18H34N2O2.C17H34N2O.C16H24FNO.C16H25NO.C15H24N2O/c1-11(2)18(21)10-22-15-5-13(19)6-16(9-15)23-17-7-14(8-17)20-12(3)4;1-13(2)17(21)12-20-8-6-15(7-9-20)22-16-10-14(11-16)19-18(3,4)5;1-13(2)12-19-8-6-15(7-9-19)20-16-10-14(11-16)18-17(3,4)5;1-10(2)12-5-13(17)7-15(6-12)19-16-8-14(9-16)18-11(3)4;1-11(2)13-6-5-7-15(8-13)18-16-9-14(10-16)17-12(3)4;1-10(2)12-5-6-16-15(7-12)18-14-8-13(9-14)17-11(3)4/h5-6,9,11-12,14,17,20H,7-8,10H2,1-4H3;13-16,19H,6-12H2,1-5H3;13-16,18H,6-12H2,1-5H3;5-7,10-11,14,16,18H,8-9H2,1-4H3;5-8,11-12,14,16-17H,9-10H2,1-4H3;5-7,10-11,13-14,17H,8-9H2,1-4H3. The van der Waals surface area contributed by atoms with E-state index in [2.05, 4.69) is 235 Å². The van der Waals surface area contributed by atoms with Gasteiger partial charge in [-0.2, -0.15) is 0 Å². The lowest BCUT2D eigenvalue weighted by molar-refractivity contribution is -0.125. The van der Waals surface area contributed by atoms with Crippen molar-refractivity contribution in [2.24, 2.45) is 17.8 Å². The number of hydrogen-bond donors (Lipinski definition) is 6. The van der Waals surface area contributed by atoms with Crippen LogP contribution in [0.15, 0.2) is 79.0 Å². The summed E-state index contributed by atoms with van der Waals surface area (Å²) < 4.78 is 68.6. The van der Waals surface area contributed by atoms with Crippen molar-refractivity contribution in [3.63, 3.8) is 0 Å². The van der Waals surface area contributed by atoms with Crippen LogP contribution in [0.25, 0.3) is 0 Å². The Hall–Kier alpha value is -5.39. The number of piperidine rings is 2. The largest absolute Gasteiger partial charge is 0.490 e. The van der Waals surface area contributed by atoms with Gasteiger partial charge in [0.15, 0.2) is 5.78 Å². The average molecular weight is 1680 g/mol. The molecule has 12 rings (SSSR count). The van der Waals surface area contributed by atoms with Gasteiger partial charge in [-0.3, -0.25) is 14.5 Å². The maximum atomic E-state index is 13.7. The average Bonchev–Trinajstić information content (AvgIpc) is 0.846. The van der Waals surface area contributed by atoms with Crippen LogP contribution in [-0.4, -0.2) is 193 Å². The molecule has 2 aliphatic heterocycles. The van der Waals surface area contributed by atoms with Crippen molar-refractivity contribution in [1.82, 2.24) is 46.7 Å². The molecule has 1 aromatic heterocycles. The number of hydrogen-bond acceptors (Lipinski definition) is 18. The predicted octanol–water partition coefficient (Wildman–Crippen LogP) is 19.7. The zero-order valence-electron chi connectivity index (χ0n) is 79.4. The second kappa shape index (κ2) is 49.5. The van der Waals surface area contributed by atoms with Gasteiger partial charge in [-0.1, -0.05) is 151 Å². The number of aromatic nitrogens is 1. The minimum atomic E-state index is -0.425. The number of carbonyl (C=O) groups excluding carboxylic acids is 2. The third-order valence-corrected chi connectivity index (χ3v) is 23.2. The first kappa shape index (κ1) is 102. The van der Waals surface area contributed by atoms with E-state index < -0.39 is 5.82 Å². The molecule has 0 amide bonds. The lowest BCUT2D eigenvalue weighted by atomic mass is 9.87. The highest BCUT2D eigenvalue weighted by Crippen LogP contribution is 2.36. The van der Waals surface area contributed by atoms with E-state index in [-0.39, 0.29) is 53.3 Å². The molecule has 0 spiro atoms. The first-order valence-corrected chi connectivity index (χ1v) is 46.8. The van der Waals surface area contributed by atoms with Crippen LogP contribution >= 0.6 is 0 Å². The number of pyridine rings is 1. The Morgan fingerprint density at radius 3 is 1.17 bits per heavy atom. The van der Waals surface area contributed by atoms with Crippen LogP contribution in [0.5, 0.6) is 28.9 Å². The Labute approximate surface area is 726 Å². The van der Waals surface area contributed by atoms with E-state index in [1.54, 1.807) is 12.1 Å².